The van der Waals surface area contributed by atoms with Gasteiger partial charge in [0.2, 0.25) is 0 Å². The van der Waals surface area contributed by atoms with Gasteiger partial charge in [-0.05, 0) is 31.0 Å². The molecule has 96 valence electrons. The van der Waals surface area contributed by atoms with Crippen molar-refractivity contribution in [2.75, 3.05) is 0 Å². The highest BCUT2D eigenvalue weighted by atomic mass is 16.3. The first-order chi connectivity index (χ1) is 8.74. The minimum atomic E-state index is 0.0312. The first kappa shape index (κ1) is 12.8. The zero-order valence-electron chi connectivity index (χ0n) is 10.8. The lowest BCUT2D eigenvalue weighted by molar-refractivity contribution is 0.499. The topological polar surface area (TPSA) is 64.1 Å². The number of furan rings is 1. The fourth-order valence-electron chi connectivity index (χ4n) is 2.01. The maximum absolute atomic E-state index is 5.62. The van der Waals surface area contributed by atoms with Gasteiger partial charge in [-0.15, -0.1) is 0 Å². The molecule has 2 aromatic heterocycles. The first-order valence-corrected chi connectivity index (χ1v) is 6.18. The molecule has 0 saturated carbocycles. The van der Waals surface area contributed by atoms with Gasteiger partial charge in [0.25, 0.3) is 0 Å². The highest BCUT2D eigenvalue weighted by molar-refractivity contribution is 5.23. The Bertz CT molecular complexity index is 490. The minimum Gasteiger partial charge on any atom is -0.469 e. The summed E-state index contributed by atoms with van der Waals surface area (Å²) >= 11 is 0. The maximum Gasteiger partial charge on any atom is 0.105 e. The van der Waals surface area contributed by atoms with Crippen LogP contribution in [0.2, 0.25) is 0 Å². The molecule has 0 aliphatic heterocycles. The molecule has 0 aromatic carbocycles. The van der Waals surface area contributed by atoms with Crippen molar-refractivity contribution in [1.29, 1.82) is 0 Å². The molecule has 1 unspecified atom stereocenters. The van der Waals surface area contributed by atoms with Crippen molar-refractivity contribution in [1.82, 2.24) is 10.4 Å². The molecule has 0 radical (unpaired) electrons. The Morgan fingerprint density at radius 2 is 2.22 bits per heavy atom. The molecule has 0 amide bonds. The second-order valence-electron chi connectivity index (χ2n) is 4.37. The molecule has 0 spiro atoms. The van der Waals surface area contributed by atoms with Gasteiger partial charge in [0.05, 0.1) is 12.3 Å². The van der Waals surface area contributed by atoms with Crippen LogP contribution in [0.4, 0.5) is 0 Å². The van der Waals surface area contributed by atoms with Gasteiger partial charge in [-0.2, -0.15) is 0 Å². The van der Waals surface area contributed by atoms with E-state index in [-0.39, 0.29) is 6.04 Å². The second-order valence-corrected chi connectivity index (χ2v) is 4.37. The third kappa shape index (κ3) is 2.78. The molecule has 2 rings (SSSR count). The van der Waals surface area contributed by atoms with Crippen LogP contribution in [0.3, 0.4) is 0 Å². The summed E-state index contributed by atoms with van der Waals surface area (Å²) in [6.45, 7) is 4.06. The number of pyridine rings is 1. The van der Waals surface area contributed by atoms with Gasteiger partial charge in [0, 0.05) is 23.9 Å². The molecular weight excluding hydrogens is 226 g/mol. The van der Waals surface area contributed by atoms with Gasteiger partial charge in [0.15, 0.2) is 0 Å². The van der Waals surface area contributed by atoms with E-state index in [4.69, 9.17) is 10.3 Å². The summed E-state index contributed by atoms with van der Waals surface area (Å²) in [4.78, 5) is 4.45. The standard InChI is InChI=1S/C14H19N3O/c1-3-11-4-5-12(16-9-11)8-14(17-15)13-6-7-18-10(13)2/h4-7,9,14,17H,3,8,15H2,1-2H3. The quantitative estimate of drug-likeness (QED) is 0.626. The van der Waals surface area contributed by atoms with Crippen LogP contribution in [0.25, 0.3) is 0 Å². The zero-order valence-corrected chi connectivity index (χ0v) is 10.8. The summed E-state index contributed by atoms with van der Waals surface area (Å²) in [5.41, 5.74) is 6.17. The van der Waals surface area contributed by atoms with E-state index >= 15 is 0 Å². The van der Waals surface area contributed by atoms with Crippen molar-refractivity contribution in [3.8, 4) is 0 Å². The van der Waals surface area contributed by atoms with Crippen molar-refractivity contribution in [3.05, 3.63) is 53.2 Å². The average molecular weight is 245 g/mol. The molecule has 2 aromatic rings. The molecule has 2 heterocycles. The lowest BCUT2D eigenvalue weighted by Crippen LogP contribution is -2.30. The van der Waals surface area contributed by atoms with Gasteiger partial charge < -0.3 is 4.42 Å². The molecule has 18 heavy (non-hydrogen) atoms. The number of nitrogens with one attached hydrogen (secondary N) is 1. The Labute approximate surface area is 107 Å². The highest BCUT2D eigenvalue weighted by Gasteiger charge is 2.15. The number of hydrogen-bond acceptors (Lipinski definition) is 4. The summed E-state index contributed by atoms with van der Waals surface area (Å²) in [6, 6.07) is 6.14. The minimum absolute atomic E-state index is 0.0312. The van der Waals surface area contributed by atoms with Crippen molar-refractivity contribution in [2.45, 2.75) is 32.7 Å². The second kappa shape index (κ2) is 5.80. The van der Waals surface area contributed by atoms with Crippen LogP contribution in [-0.2, 0) is 12.8 Å². The van der Waals surface area contributed by atoms with Crippen molar-refractivity contribution in [2.24, 2.45) is 5.84 Å². The van der Waals surface area contributed by atoms with Crippen LogP contribution in [0.5, 0.6) is 0 Å². The lowest BCUT2D eigenvalue weighted by Gasteiger charge is -2.14. The van der Waals surface area contributed by atoms with Crippen LogP contribution in [0.1, 0.15) is 35.5 Å². The Hall–Kier alpha value is -1.65. The molecular formula is C14H19N3O. The predicted octanol–water partition coefficient (Wildman–Crippen LogP) is 2.29. The average Bonchev–Trinajstić information content (AvgIpc) is 2.83. The van der Waals surface area contributed by atoms with Gasteiger partial charge >= 0.3 is 0 Å². The van der Waals surface area contributed by atoms with Crippen molar-refractivity contribution < 1.29 is 4.42 Å². The van der Waals surface area contributed by atoms with Crippen LogP contribution in [-0.4, -0.2) is 4.98 Å². The summed E-state index contributed by atoms with van der Waals surface area (Å²) in [5.74, 6) is 6.51. The third-order valence-corrected chi connectivity index (χ3v) is 3.18. The summed E-state index contributed by atoms with van der Waals surface area (Å²) < 4.78 is 5.31. The molecule has 1 atom stereocenters. The van der Waals surface area contributed by atoms with Crippen LogP contribution in [0.15, 0.2) is 35.1 Å². The Morgan fingerprint density at radius 3 is 2.72 bits per heavy atom. The van der Waals surface area contributed by atoms with Gasteiger partial charge in [-0.25, -0.2) is 0 Å². The van der Waals surface area contributed by atoms with Gasteiger partial charge in [-0.1, -0.05) is 13.0 Å². The SMILES string of the molecule is CCc1ccc(CC(NN)c2ccoc2C)nc1. The lowest BCUT2D eigenvalue weighted by atomic mass is 10.0. The van der Waals surface area contributed by atoms with E-state index in [0.717, 1.165) is 29.9 Å². The Balaban J connectivity index is 2.13. The molecule has 0 bridgehead atoms. The van der Waals surface area contributed by atoms with E-state index in [1.54, 1.807) is 6.26 Å². The van der Waals surface area contributed by atoms with E-state index in [0.29, 0.717) is 0 Å². The fourth-order valence-corrected chi connectivity index (χ4v) is 2.01. The summed E-state index contributed by atoms with van der Waals surface area (Å²) in [5, 5.41) is 0. The number of rotatable bonds is 5. The largest absolute Gasteiger partial charge is 0.469 e. The molecule has 3 N–H and O–H groups in total. The number of hydrazine groups is 1. The smallest absolute Gasteiger partial charge is 0.105 e. The normalized spacial score (nSPS) is 12.6. The maximum atomic E-state index is 5.62. The number of nitrogens with two attached hydrogens (primary N) is 1. The predicted molar refractivity (Wildman–Crippen MR) is 70.8 cm³/mol. The highest BCUT2D eigenvalue weighted by Crippen LogP contribution is 2.21. The Morgan fingerprint density at radius 1 is 1.39 bits per heavy atom. The van der Waals surface area contributed by atoms with Crippen LogP contribution >= 0.6 is 0 Å². The van der Waals surface area contributed by atoms with Crippen LogP contribution in [0, 0.1) is 6.92 Å². The monoisotopic (exact) mass is 245 g/mol. The van der Waals surface area contributed by atoms with E-state index in [1.165, 1.54) is 5.56 Å². The van der Waals surface area contributed by atoms with Crippen molar-refractivity contribution in [3.63, 3.8) is 0 Å². The summed E-state index contributed by atoms with van der Waals surface area (Å²) in [6.07, 6.45) is 5.36. The molecule has 4 nitrogen and oxygen atoms in total. The van der Waals surface area contributed by atoms with E-state index in [1.807, 2.05) is 19.2 Å². The number of aryl methyl sites for hydroxylation is 2. The fraction of sp³-hybridized carbons (Fsp3) is 0.357. The first-order valence-electron chi connectivity index (χ1n) is 6.18. The summed E-state index contributed by atoms with van der Waals surface area (Å²) in [7, 11) is 0. The van der Waals surface area contributed by atoms with Crippen LogP contribution < -0.4 is 11.3 Å². The number of aromatic nitrogens is 1. The number of nitrogens with zero attached hydrogens (tertiary/aromatic N) is 1. The molecule has 0 aliphatic carbocycles. The number of hydrogen-bond donors (Lipinski definition) is 2. The molecule has 0 aliphatic rings. The third-order valence-electron chi connectivity index (χ3n) is 3.18. The van der Waals surface area contributed by atoms with Gasteiger partial charge in [0.1, 0.15) is 5.76 Å². The molecule has 0 fully saturated rings. The van der Waals surface area contributed by atoms with Gasteiger partial charge in [-0.3, -0.25) is 16.3 Å². The van der Waals surface area contributed by atoms with Crippen molar-refractivity contribution >= 4 is 0 Å². The van der Waals surface area contributed by atoms with E-state index in [9.17, 15) is 0 Å². The molecule has 0 saturated heterocycles. The Kier molecular flexibility index (Phi) is 4.12. The van der Waals surface area contributed by atoms with E-state index < -0.39 is 0 Å². The molecule has 4 heteroatoms. The zero-order chi connectivity index (χ0) is 13.0. The van der Waals surface area contributed by atoms with E-state index in [2.05, 4.69) is 29.5 Å².